The van der Waals surface area contributed by atoms with Crippen molar-refractivity contribution >= 4 is 33.3 Å². The molecule has 1 aliphatic rings. The van der Waals surface area contributed by atoms with E-state index in [0.717, 1.165) is 0 Å². The second kappa shape index (κ2) is 5.51. The summed E-state index contributed by atoms with van der Waals surface area (Å²) in [5.74, 6) is -1.18. The lowest BCUT2D eigenvalue weighted by atomic mass is 9.83. The average molecular weight is 350 g/mol. The quantitative estimate of drug-likeness (QED) is 0.581. The number of carbonyl (C=O) groups is 1. The van der Waals surface area contributed by atoms with Crippen molar-refractivity contribution in [1.29, 1.82) is 0 Å². The Morgan fingerprint density at radius 3 is 2.47 bits per heavy atom. The van der Waals surface area contributed by atoms with Crippen molar-refractivity contribution in [2.45, 2.75) is 33.0 Å². The first kappa shape index (κ1) is 14.9. The van der Waals surface area contributed by atoms with Gasteiger partial charge in [0.05, 0.1) is 28.7 Å². The molecule has 104 valence electrons. The predicted octanol–water partition coefficient (Wildman–Crippen LogP) is 4.48. The number of hydrogen-bond acceptors (Lipinski definition) is 2. The molecule has 1 aromatic carbocycles. The SMILES string of the molecule is CC1OC(C)C(C(=O)c2ccc(Br)c(Cl)c2F)C1C. The number of rotatable bonds is 2. The standard InChI is InChI=1S/C14H15BrClFO2/c1-6-7(2)19-8(3)11(6)14(18)9-4-5-10(15)12(16)13(9)17/h4-8,11H,1-3H3. The number of halogens is 3. The van der Waals surface area contributed by atoms with Crippen molar-refractivity contribution in [2.75, 3.05) is 0 Å². The van der Waals surface area contributed by atoms with Crippen LogP contribution in [0, 0.1) is 17.7 Å². The van der Waals surface area contributed by atoms with E-state index in [1.165, 1.54) is 6.07 Å². The van der Waals surface area contributed by atoms with Crippen molar-refractivity contribution < 1.29 is 13.9 Å². The fourth-order valence-corrected chi connectivity index (χ4v) is 3.09. The summed E-state index contributed by atoms with van der Waals surface area (Å²) in [5.41, 5.74) is 0.0367. The fourth-order valence-electron chi connectivity index (χ4n) is 2.61. The van der Waals surface area contributed by atoms with Gasteiger partial charge in [0.2, 0.25) is 0 Å². The molecule has 1 aromatic rings. The molecule has 0 saturated carbocycles. The van der Waals surface area contributed by atoms with Gasteiger partial charge in [-0.2, -0.15) is 0 Å². The van der Waals surface area contributed by atoms with Gasteiger partial charge < -0.3 is 4.74 Å². The first-order valence-electron chi connectivity index (χ1n) is 6.17. The first-order chi connectivity index (χ1) is 8.84. The van der Waals surface area contributed by atoms with Crippen molar-refractivity contribution in [3.05, 3.63) is 33.0 Å². The zero-order chi connectivity index (χ0) is 14.3. The molecule has 5 heteroatoms. The molecule has 0 aliphatic carbocycles. The van der Waals surface area contributed by atoms with Crippen LogP contribution >= 0.6 is 27.5 Å². The van der Waals surface area contributed by atoms with E-state index in [-0.39, 0.29) is 40.4 Å². The average Bonchev–Trinajstić information content (AvgIpc) is 2.60. The van der Waals surface area contributed by atoms with Crippen LogP contribution in [-0.2, 0) is 4.74 Å². The minimum atomic E-state index is -0.667. The van der Waals surface area contributed by atoms with E-state index < -0.39 is 5.82 Å². The maximum atomic E-state index is 14.1. The second-order valence-corrected chi connectivity index (χ2v) is 6.25. The van der Waals surface area contributed by atoms with Crippen LogP contribution in [0.3, 0.4) is 0 Å². The van der Waals surface area contributed by atoms with Gasteiger partial charge in [0.1, 0.15) is 0 Å². The zero-order valence-electron chi connectivity index (χ0n) is 10.9. The van der Waals surface area contributed by atoms with Gasteiger partial charge in [-0.05, 0) is 47.8 Å². The lowest BCUT2D eigenvalue weighted by Gasteiger charge is -2.17. The van der Waals surface area contributed by atoms with Crippen LogP contribution in [0.1, 0.15) is 31.1 Å². The number of ketones is 1. The third kappa shape index (κ3) is 2.58. The second-order valence-electron chi connectivity index (χ2n) is 5.02. The van der Waals surface area contributed by atoms with Crippen LogP contribution in [0.2, 0.25) is 5.02 Å². The minimum absolute atomic E-state index is 0.00192. The van der Waals surface area contributed by atoms with Crippen molar-refractivity contribution in [2.24, 2.45) is 11.8 Å². The lowest BCUT2D eigenvalue weighted by Crippen LogP contribution is -2.27. The summed E-state index contributed by atoms with van der Waals surface area (Å²) in [6.45, 7) is 5.73. The topological polar surface area (TPSA) is 26.3 Å². The monoisotopic (exact) mass is 348 g/mol. The highest BCUT2D eigenvalue weighted by atomic mass is 79.9. The molecule has 1 heterocycles. The lowest BCUT2D eigenvalue weighted by molar-refractivity contribution is 0.0490. The van der Waals surface area contributed by atoms with Gasteiger partial charge in [0.15, 0.2) is 11.6 Å². The van der Waals surface area contributed by atoms with E-state index >= 15 is 0 Å². The summed E-state index contributed by atoms with van der Waals surface area (Å²) in [6.07, 6.45) is -0.211. The van der Waals surface area contributed by atoms with Crippen LogP contribution in [0.25, 0.3) is 0 Å². The maximum absolute atomic E-state index is 14.1. The van der Waals surface area contributed by atoms with E-state index in [1.54, 1.807) is 6.07 Å². The summed E-state index contributed by atoms with van der Waals surface area (Å²) in [6, 6.07) is 3.06. The molecule has 0 aromatic heterocycles. The number of ether oxygens (including phenoxy) is 1. The molecule has 1 saturated heterocycles. The summed E-state index contributed by atoms with van der Waals surface area (Å²) in [5, 5.41) is -0.0573. The molecule has 0 bridgehead atoms. The first-order valence-corrected chi connectivity index (χ1v) is 7.34. The van der Waals surface area contributed by atoms with E-state index in [0.29, 0.717) is 4.47 Å². The van der Waals surface area contributed by atoms with Gasteiger partial charge in [-0.3, -0.25) is 4.79 Å². The minimum Gasteiger partial charge on any atom is -0.374 e. The molecule has 1 fully saturated rings. The highest BCUT2D eigenvalue weighted by Gasteiger charge is 2.42. The Hall–Kier alpha value is -0.450. The maximum Gasteiger partial charge on any atom is 0.171 e. The van der Waals surface area contributed by atoms with E-state index in [2.05, 4.69) is 15.9 Å². The van der Waals surface area contributed by atoms with Crippen LogP contribution < -0.4 is 0 Å². The molecule has 0 radical (unpaired) electrons. The Labute approximate surface area is 125 Å². The van der Waals surface area contributed by atoms with Crippen LogP contribution in [0.4, 0.5) is 4.39 Å². The largest absolute Gasteiger partial charge is 0.374 e. The number of Topliss-reactive ketones (excluding diaryl/α,β-unsaturated/α-hetero) is 1. The molecule has 4 unspecified atom stereocenters. The van der Waals surface area contributed by atoms with Gasteiger partial charge in [0, 0.05) is 4.47 Å². The molecule has 1 aliphatic heterocycles. The van der Waals surface area contributed by atoms with Gasteiger partial charge in [-0.25, -0.2) is 4.39 Å². The Bertz CT molecular complexity index is 520. The third-order valence-electron chi connectivity index (χ3n) is 3.85. The smallest absolute Gasteiger partial charge is 0.171 e. The Balaban J connectivity index is 2.38. The number of carbonyl (C=O) groups excluding carboxylic acids is 1. The summed E-state index contributed by atoms with van der Waals surface area (Å²) in [4.78, 5) is 12.5. The zero-order valence-corrected chi connectivity index (χ0v) is 13.3. The summed E-state index contributed by atoms with van der Waals surface area (Å²) in [7, 11) is 0. The van der Waals surface area contributed by atoms with Gasteiger partial charge in [0.25, 0.3) is 0 Å². The Morgan fingerprint density at radius 1 is 1.32 bits per heavy atom. The van der Waals surface area contributed by atoms with Crippen LogP contribution in [0.5, 0.6) is 0 Å². The molecule has 0 amide bonds. The van der Waals surface area contributed by atoms with Gasteiger partial charge in [-0.1, -0.05) is 18.5 Å². The molecule has 19 heavy (non-hydrogen) atoms. The van der Waals surface area contributed by atoms with E-state index in [4.69, 9.17) is 16.3 Å². The van der Waals surface area contributed by atoms with Crippen LogP contribution in [0.15, 0.2) is 16.6 Å². The molecular formula is C14H15BrClFO2. The molecule has 0 spiro atoms. The van der Waals surface area contributed by atoms with Crippen molar-refractivity contribution in [3.8, 4) is 0 Å². The van der Waals surface area contributed by atoms with Crippen LogP contribution in [-0.4, -0.2) is 18.0 Å². The molecular weight excluding hydrogens is 335 g/mol. The van der Waals surface area contributed by atoms with Gasteiger partial charge >= 0.3 is 0 Å². The predicted molar refractivity (Wildman–Crippen MR) is 76.1 cm³/mol. The highest BCUT2D eigenvalue weighted by Crippen LogP contribution is 2.36. The van der Waals surface area contributed by atoms with E-state index in [9.17, 15) is 9.18 Å². The molecule has 2 nitrogen and oxygen atoms in total. The molecule has 2 rings (SSSR count). The van der Waals surface area contributed by atoms with E-state index in [1.807, 2.05) is 20.8 Å². The highest BCUT2D eigenvalue weighted by molar-refractivity contribution is 9.10. The van der Waals surface area contributed by atoms with Crippen molar-refractivity contribution in [3.63, 3.8) is 0 Å². The third-order valence-corrected chi connectivity index (χ3v) is 5.10. The molecule has 0 N–H and O–H groups in total. The fraction of sp³-hybridized carbons (Fsp3) is 0.500. The van der Waals surface area contributed by atoms with Gasteiger partial charge in [-0.15, -0.1) is 0 Å². The van der Waals surface area contributed by atoms with Crippen molar-refractivity contribution in [1.82, 2.24) is 0 Å². The normalized spacial score (nSPS) is 30.6. The Kier molecular flexibility index (Phi) is 4.33. The number of benzene rings is 1. The summed E-state index contributed by atoms with van der Waals surface area (Å²) >= 11 is 8.97. The number of hydrogen-bond donors (Lipinski definition) is 0. The Morgan fingerprint density at radius 2 is 1.95 bits per heavy atom. The molecule has 4 atom stereocenters. The summed E-state index contributed by atoms with van der Waals surface area (Å²) < 4.78 is 20.2.